The Morgan fingerprint density at radius 3 is 2.58 bits per heavy atom. The van der Waals surface area contributed by atoms with Crippen LogP contribution in [0.2, 0.25) is 0 Å². The van der Waals surface area contributed by atoms with E-state index < -0.39 is 0 Å². The number of halogens is 2. The van der Waals surface area contributed by atoms with E-state index in [-0.39, 0.29) is 11.2 Å². The van der Waals surface area contributed by atoms with E-state index in [0.717, 1.165) is 10.0 Å². The lowest BCUT2D eigenvalue weighted by Crippen LogP contribution is -2.33. The van der Waals surface area contributed by atoms with Gasteiger partial charge in [-0.2, -0.15) is 0 Å². The zero-order chi connectivity index (χ0) is 13.6. The molecule has 3 heteroatoms. The van der Waals surface area contributed by atoms with Crippen molar-refractivity contribution in [3.63, 3.8) is 0 Å². The van der Waals surface area contributed by atoms with Crippen molar-refractivity contribution in [3.05, 3.63) is 28.0 Å². The third-order valence-electron chi connectivity index (χ3n) is 4.57. The van der Waals surface area contributed by atoms with Crippen molar-refractivity contribution in [2.24, 2.45) is 10.9 Å². The highest BCUT2D eigenvalue weighted by Gasteiger charge is 2.40. The summed E-state index contributed by atoms with van der Waals surface area (Å²) in [5.74, 6) is 0.331. The van der Waals surface area contributed by atoms with E-state index >= 15 is 0 Å². The summed E-state index contributed by atoms with van der Waals surface area (Å²) < 4.78 is 14.9. The van der Waals surface area contributed by atoms with E-state index in [2.05, 4.69) is 34.8 Å². The molecule has 1 nitrogen and oxygen atoms in total. The Kier molecular flexibility index (Phi) is 3.28. The molecule has 3 rings (SSSR count). The van der Waals surface area contributed by atoms with Crippen molar-refractivity contribution in [1.29, 1.82) is 0 Å². The zero-order valence-corrected chi connectivity index (χ0v) is 13.1. The van der Waals surface area contributed by atoms with Crippen LogP contribution in [0.15, 0.2) is 21.6 Å². The molecule has 1 aliphatic heterocycles. The van der Waals surface area contributed by atoms with Crippen LogP contribution >= 0.6 is 15.9 Å². The average molecular weight is 324 g/mol. The molecule has 1 saturated carbocycles. The van der Waals surface area contributed by atoms with Crippen LogP contribution in [0.1, 0.15) is 51.5 Å². The van der Waals surface area contributed by atoms with Crippen molar-refractivity contribution in [2.75, 3.05) is 0 Å². The number of hydrogen-bond donors (Lipinski definition) is 0. The van der Waals surface area contributed by atoms with E-state index in [1.807, 2.05) is 6.07 Å². The van der Waals surface area contributed by atoms with Gasteiger partial charge in [-0.05, 0) is 36.5 Å². The molecule has 0 unspecified atom stereocenters. The van der Waals surface area contributed by atoms with Gasteiger partial charge in [0.1, 0.15) is 11.5 Å². The third-order valence-corrected chi connectivity index (χ3v) is 5.02. The monoisotopic (exact) mass is 323 g/mol. The van der Waals surface area contributed by atoms with Crippen LogP contribution in [-0.4, -0.2) is 5.71 Å². The first kappa shape index (κ1) is 13.3. The largest absolute Gasteiger partial charge is 0.253 e. The normalized spacial score (nSPS) is 22.2. The maximum Gasteiger partial charge on any atom is 0.150 e. The molecular formula is C16H19BrFN. The zero-order valence-electron chi connectivity index (χ0n) is 11.5. The molecule has 0 aromatic heterocycles. The molecule has 1 fully saturated rings. The summed E-state index contributed by atoms with van der Waals surface area (Å²) in [7, 11) is 0. The van der Waals surface area contributed by atoms with Crippen molar-refractivity contribution >= 4 is 27.3 Å². The van der Waals surface area contributed by atoms with E-state index in [1.54, 1.807) is 0 Å². The first-order chi connectivity index (χ1) is 9.00. The minimum absolute atomic E-state index is 0.137. The summed E-state index contributed by atoms with van der Waals surface area (Å²) in [6.45, 7) is 4.36. The Labute approximate surface area is 122 Å². The molecule has 1 aromatic rings. The molecule has 1 heterocycles. The number of benzene rings is 1. The van der Waals surface area contributed by atoms with Crippen LogP contribution in [0, 0.1) is 11.7 Å². The van der Waals surface area contributed by atoms with Crippen LogP contribution in [0.25, 0.3) is 0 Å². The summed E-state index contributed by atoms with van der Waals surface area (Å²) in [4.78, 5) is 4.69. The Morgan fingerprint density at radius 1 is 1.21 bits per heavy atom. The van der Waals surface area contributed by atoms with Gasteiger partial charge in [-0.25, -0.2) is 4.39 Å². The van der Waals surface area contributed by atoms with E-state index in [9.17, 15) is 4.39 Å². The van der Waals surface area contributed by atoms with Crippen LogP contribution in [0.5, 0.6) is 0 Å². The summed E-state index contributed by atoms with van der Waals surface area (Å²) >= 11 is 3.39. The Morgan fingerprint density at radius 2 is 1.89 bits per heavy atom. The Bertz CT molecular complexity index is 542. The van der Waals surface area contributed by atoms with Gasteiger partial charge in [0.15, 0.2) is 0 Å². The number of rotatable bonds is 1. The van der Waals surface area contributed by atoms with Gasteiger partial charge >= 0.3 is 0 Å². The van der Waals surface area contributed by atoms with Gasteiger partial charge in [0, 0.05) is 15.6 Å². The predicted molar refractivity (Wildman–Crippen MR) is 80.8 cm³/mol. The van der Waals surface area contributed by atoms with Gasteiger partial charge in [-0.1, -0.05) is 49.0 Å². The second-order valence-corrected chi connectivity index (χ2v) is 7.16. The average Bonchev–Trinajstić information content (AvgIpc) is 2.63. The first-order valence-electron chi connectivity index (χ1n) is 7.09. The van der Waals surface area contributed by atoms with E-state index in [1.165, 1.54) is 43.9 Å². The molecule has 102 valence electrons. The molecule has 1 aliphatic carbocycles. The quantitative estimate of drug-likeness (QED) is 0.644. The number of aliphatic imine (C=N–C) groups is 1. The SMILES string of the molecule is CC1(C)C(C2CCCCC2)=Nc2c(F)cc(Br)cc21. The van der Waals surface area contributed by atoms with Gasteiger partial charge in [-0.3, -0.25) is 4.99 Å². The van der Waals surface area contributed by atoms with Crippen molar-refractivity contribution < 1.29 is 4.39 Å². The van der Waals surface area contributed by atoms with Crippen LogP contribution in [0.4, 0.5) is 10.1 Å². The van der Waals surface area contributed by atoms with Gasteiger partial charge in [0.2, 0.25) is 0 Å². The lowest BCUT2D eigenvalue weighted by Gasteiger charge is -2.30. The molecule has 0 N–H and O–H groups in total. The molecule has 0 saturated heterocycles. The second kappa shape index (κ2) is 4.69. The lowest BCUT2D eigenvalue weighted by molar-refractivity contribution is 0.425. The number of nitrogens with zero attached hydrogens (tertiary/aromatic N) is 1. The minimum atomic E-state index is -0.205. The lowest BCUT2D eigenvalue weighted by atomic mass is 9.72. The standard InChI is InChI=1S/C16H19BrFN/c1-16(2)12-8-11(17)9-13(18)14(12)19-15(16)10-6-4-3-5-7-10/h8-10H,3-7H2,1-2H3. The van der Waals surface area contributed by atoms with E-state index in [0.29, 0.717) is 11.6 Å². The fourth-order valence-electron chi connectivity index (χ4n) is 3.53. The van der Waals surface area contributed by atoms with Crippen LogP contribution in [0.3, 0.4) is 0 Å². The second-order valence-electron chi connectivity index (χ2n) is 6.24. The van der Waals surface area contributed by atoms with Crippen molar-refractivity contribution in [1.82, 2.24) is 0 Å². The summed E-state index contributed by atoms with van der Waals surface area (Å²) in [6, 6.07) is 3.54. The number of fused-ring (bicyclic) bond motifs is 1. The number of hydrogen-bond acceptors (Lipinski definition) is 1. The summed E-state index contributed by atoms with van der Waals surface area (Å²) in [5, 5.41) is 0. The smallest absolute Gasteiger partial charge is 0.150 e. The Balaban J connectivity index is 2.05. The molecule has 19 heavy (non-hydrogen) atoms. The highest BCUT2D eigenvalue weighted by Crippen LogP contribution is 2.46. The fourth-order valence-corrected chi connectivity index (χ4v) is 3.96. The molecule has 0 spiro atoms. The molecule has 0 radical (unpaired) electrons. The molecular weight excluding hydrogens is 305 g/mol. The Hall–Kier alpha value is -0.700. The maximum atomic E-state index is 14.1. The highest BCUT2D eigenvalue weighted by atomic mass is 79.9. The molecule has 2 aliphatic rings. The fraction of sp³-hybridized carbons (Fsp3) is 0.562. The van der Waals surface area contributed by atoms with E-state index in [4.69, 9.17) is 0 Å². The summed E-state index contributed by atoms with van der Waals surface area (Å²) in [5.41, 5.74) is 2.65. The molecule has 0 atom stereocenters. The van der Waals surface area contributed by atoms with Crippen molar-refractivity contribution in [2.45, 2.75) is 51.4 Å². The van der Waals surface area contributed by atoms with Crippen LogP contribution < -0.4 is 0 Å². The molecule has 0 bridgehead atoms. The molecule has 1 aromatic carbocycles. The van der Waals surface area contributed by atoms with Gasteiger partial charge in [-0.15, -0.1) is 0 Å². The summed E-state index contributed by atoms with van der Waals surface area (Å²) in [6.07, 6.45) is 6.31. The topological polar surface area (TPSA) is 12.4 Å². The molecule has 0 amide bonds. The third kappa shape index (κ3) is 2.16. The maximum absolute atomic E-state index is 14.1. The van der Waals surface area contributed by atoms with Gasteiger partial charge in [0.05, 0.1) is 0 Å². The predicted octanol–water partition coefficient (Wildman–Crippen LogP) is 5.53. The minimum Gasteiger partial charge on any atom is -0.253 e. The van der Waals surface area contributed by atoms with Gasteiger partial charge in [0.25, 0.3) is 0 Å². The first-order valence-corrected chi connectivity index (χ1v) is 7.88. The van der Waals surface area contributed by atoms with Crippen molar-refractivity contribution in [3.8, 4) is 0 Å². The van der Waals surface area contributed by atoms with Gasteiger partial charge < -0.3 is 0 Å². The highest BCUT2D eigenvalue weighted by molar-refractivity contribution is 9.10. The van der Waals surface area contributed by atoms with Crippen LogP contribution in [-0.2, 0) is 5.41 Å².